The Morgan fingerprint density at radius 3 is 2.00 bits per heavy atom. The molecule has 0 rings (SSSR count). The lowest BCUT2D eigenvalue weighted by atomic mass is 10.4. The molecule has 0 bridgehead atoms. The zero-order chi connectivity index (χ0) is 4.99. The van der Waals surface area contributed by atoms with Crippen LogP contribution in [0.4, 0.5) is 0 Å². The molecule has 0 saturated carbocycles. The van der Waals surface area contributed by atoms with Gasteiger partial charge in [-0.1, -0.05) is 0 Å². The summed E-state index contributed by atoms with van der Waals surface area (Å²) < 4.78 is 0. The van der Waals surface area contributed by atoms with Gasteiger partial charge in [-0.15, -0.1) is 12.4 Å². The number of hydrogen-bond donors (Lipinski definition) is 3. The van der Waals surface area contributed by atoms with Crippen LogP contribution in [0.2, 0.25) is 0 Å². The molecule has 0 saturated heterocycles. The van der Waals surface area contributed by atoms with Crippen LogP contribution in [0.15, 0.2) is 0 Å². The molecule has 0 amide bonds. The van der Waals surface area contributed by atoms with Crippen molar-refractivity contribution in [3.63, 3.8) is 0 Å². The van der Waals surface area contributed by atoms with Gasteiger partial charge in [0, 0.05) is 0 Å². The minimum atomic E-state index is -0.727. The van der Waals surface area contributed by atoms with Crippen LogP contribution in [0, 0.1) is 0 Å². The van der Waals surface area contributed by atoms with Gasteiger partial charge in [-0.2, -0.15) is 0 Å². The monoisotopic (exact) mass is 126 g/mol. The Morgan fingerprint density at radius 1 is 1.57 bits per heavy atom. The summed E-state index contributed by atoms with van der Waals surface area (Å²) in [4.78, 5) is 0. The first-order valence-electron chi connectivity index (χ1n) is 1.91. The lowest BCUT2D eigenvalue weighted by Crippen LogP contribution is -2.22. The first kappa shape index (κ1) is 10.2. The Balaban J connectivity index is 0. The highest BCUT2D eigenvalue weighted by molar-refractivity contribution is 5.85. The van der Waals surface area contributed by atoms with Crippen LogP contribution in [0.1, 0.15) is 6.42 Å². The average Bonchev–Trinajstić information content (AvgIpc) is 1.35. The van der Waals surface area contributed by atoms with Crippen LogP contribution < -0.4 is 11.5 Å². The first-order chi connectivity index (χ1) is 2.77. The third-order valence-electron chi connectivity index (χ3n) is 0.462. The molecule has 46 valence electrons. The molecule has 4 heteroatoms. The minimum absolute atomic E-state index is 0. The first-order valence-corrected chi connectivity index (χ1v) is 1.91. The van der Waals surface area contributed by atoms with E-state index in [2.05, 4.69) is 0 Å². The highest BCUT2D eigenvalue weighted by atomic mass is 35.5. The smallest absolute Gasteiger partial charge is 0.103 e. The number of nitrogens with two attached hydrogens (primary N) is 2. The predicted molar refractivity (Wildman–Crippen MR) is 31.1 cm³/mol. The predicted octanol–water partition coefficient (Wildman–Crippen LogP) is -0.966. The number of hydrogen-bond acceptors (Lipinski definition) is 3. The summed E-state index contributed by atoms with van der Waals surface area (Å²) in [6, 6.07) is 0. The van der Waals surface area contributed by atoms with Gasteiger partial charge in [0.05, 0.1) is 0 Å². The fourth-order valence-corrected chi connectivity index (χ4v) is 0.171. The van der Waals surface area contributed by atoms with Crippen LogP contribution >= 0.6 is 12.4 Å². The van der Waals surface area contributed by atoms with E-state index in [-0.39, 0.29) is 12.4 Å². The maximum absolute atomic E-state index is 8.25. The highest BCUT2D eigenvalue weighted by Gasteiger charge is 1.87. The van der Waals surface area contributed by atoms with E-state index in [0.29, 0.717) is 13.0 Å². The Labute approximate surface area is 49.1 Å². The van der Waals surface area contributed by atoms with E-state index in [9.17, 15) is 0 Å². The van der Waals surface area contributed by atoms with Crippen molar-refractivity contribution in [3.05, 3.63) is 0 Å². The average molecular weight is 127 g/mol. The second-order valence-electron chi connectivity index (χ2n) is 1.14. The Kier molecular flexibility index (Phi) is 9.00. The van der Waals surface area contributed by atoms with Gasteiger partial charge in [-0.25, -0.2) is 0 Å². The van der Waals surface area contributed by atoms with Crippen molar-refractivity contribution in [2.24, 2.45) is 11.5 Å². The Bertz CT molecular complexity index is 34.1. The van der Waals surface area contributed by atoms with Crippen molar-refractivity contribution in [3.8, 4) is 0 Å². The molecule has 0 fully saturated rings. The molecule has 0 aromatic rings. The number of rotatable bonds is 2. The lowest BCUT2D eigenvalue weighted by molar-refractivity contribution is 0.175. The van der Waals surface area contributed by atoms with Gasteiger partial charge in [0.15, 0.2) is 0 Å². The van der Waals surface area contributed by atoms with Gasteiger partial charge < -0.3 is 16.6 Å². The number of halogens is 1. The van der Waals surface area contributed by atoms with E-state index in [1.807, 2.05) is 0 Å². The van der Waals surface area contributed by atoms with Crippen LogP contribution in [-0.4, -0.2) is 17.9 Å². The molecule has 0 aliphatic carbocycles. The largest absolute Gasteiger partial charge is 0.379 e. The van der Waals surface area contributed by atoms with E-state index in [0.717, 1.165) is 0 Å². The van der Waals surface area contributed by atoms with Gasteiger partial charge in [-0.3, -0.25) is 0 Å². The fraction of sp³-hybridized carbons (Fsp3) is 1.00. The van der Waals surface area contributed by atoms with Crippen molar-refractivity contribution in [1.29, 1.82) is 0 Å². The topological polar surface area (TPSA) is 72.3 Å². The zero-order valence-electron chi connectivity index (χ0n) is 4.00. The molecule has 1 atom stereocenters. The second kappa shape index (κ2) is 6.17. The van der Waals surface area contributed by atoms with Gasteiger partial charge >= 0.3 is 0 Å². The summed E-state index contributed by atoms with van der Waals surface area (Å²) in [5, 5.41) is 8.25. The Hall–Kier alpha value is 0.170. The molecule has 0 spiro atoms. The zero-order valence-corrected chi connectivity index (χ0v) is 4.82. The summed E-state index contributed by atoms with van der Waals surface area (Å²) in [7, 11) is 0. The molecule has 7 heavy (non-hydrogen) atoms. The van der Waals surface area contributed by atoms with Gasteiger partial charge in [0.25, 0.3) is 0 Å². The standard InChI is InChI=1S/C3H10N2O.ClH/c4-2-1-3(5)6;/h3,6H,1-2,4-5H2;1H. The fourth-order valence-electron chi connectivity index (χ4n) is 0.171. The van der Waals surface area contributed by atoms with E-state index >= 15 is 0 Å². The van der Waals surface area contributed by atoms with Crippen molar-refractivity contribution in [1.82, 2.24) is 0 Å². The van der Waals surface area contributed by atoms with Crippen LogP contribution in [0.5, 0.6) is 0 Å². The molecular formula is C3H11ClN2O. The summed E-state index contributed by atoms with van der Waals surface area (Å²) in [5.74, 6) is 0. The molecule has 1 unspecified atom stereocenters. The van der Waals surface area contributed by atoms with E-state index in [1.54, 1.807) is 0 Å². The second-order valence-corrected chi connectivity index (χ2v) is 1.14. The highest BCUT2D eigenvalue weighted by Crippen LogP contribution is 1.72. The van der Waals surface area contributed by atoms with Gasteiger partial charge in [0.2, 0.25) is 0 Å². The van der Waals surface area contributed by atoms with E-state index < -0.39 is 6.23 Å². The van der Waals surface area contributed by atoms with Gasteiger partial charge in [-0.05, 0) is 13.0 Å². The summed E-state index contributed by atoms with van der Waals surface area (Å²) in [6.07, 6.45) is -0.241. The molecule has 0 aliphatic heterocycles. The van der Waals surface area contributed by atoms with Crippen molar-refractivity contribution in [2.45, 2.75) is 12.6 Å². The summed E-state index contributed by atoms with van der Waals surface area (Å²) in [5.41, 5.74) is 9.87. The molecular weight excluding hydrogens is 115 g/mol. The third kappa shape index (κ3) is 10.7. The maximum Gasteiger partial charge on any atom is 0.103 e. The van der Waals surface area contributed by atoms with Crippen LogP contribution in [0.25, 0.3) is 0 Å². The molecule has 0 aromatic carbocycles. The Morgan fingerprint density at radius 2 is 2.00 bits per heavy atom. The third-order valence-corrected chi connectivity index (χ3v) is 0.462. The molecule has 0 aliphatic rings. The van der Waals surface area contributed by atoms with Crippen molar-refractivity contribution < 1.29 is 5.11 Å². The summed E-state index contributed by atoms with van der Waals surface area (Å²) in [6.45, 7) is 0.456. The molecule has 0 heterocycles. The van der Waals surface area contributed by atoms with E-state index in [4.69, 9.17) is 16.6 Å². The quantitative estimate of drug-likeness (QED) is 0.417. The normalized spacial score (nSPS) is 12.4. The van der Waals surface area contributed by atoms with Crippen molar-refractivity contribution in [2.75, 3.05) is 6.54 Å². The number of aliphatic hydroxyl groups is 1. The van der Waals surface area contributed by atoms with Crippen molar-refractivity contribution >= 4 is 12.4 Å². The van der Waals surface area contributed by atoms with Crippen LogP contribution in [0.3, 0.4) is 0 Å². The number of aliphatic hydroxyl groups excluding tert-OH is 1. The maximum atomic E-state index is 8.25. The molecule has 3 nitrogen and oxygen atoms in total. The lowest BCUT2D eigenvalue weighted by Gasteiger charge is -1.96. The minimum Gasteiger partial charge on any atom is -0.379 e. The van der Waals surface area contributed by atoms with E-state index in [1.165, 1.54) is 0 Å². The molecule has 0 radical (unpaired) electrons. The van der Waals surface area contributed by atoms with Gasteiger partial charge in [0.1, 0.15) is 6.23 Å². The summed E-state index contributed by atoms with van der Waals surface area (Å²) >= 11 is 0. The molecule has 5 N–H and O–H groups in total. The SMILES string of the molecule is Cl.NCCC(N)O. The van der Waals surface area contributed by atoms with Crippen LogP contribution in [-0.2, 0) is 0 Å². The molecule has 0 aromatic heterocycles.